The van der Waals surface area contributed by atoms with Gasteiger partial charge in [-0.2, -0.15) is 5.26 Å². The number of nitriles is 1. The van der Waals surface area contributed by atoms with Crippen LogP contribution in [0.2, 0.25) is 0 Å². The Kier molecular flexibility index (Phi) is 4.24. The summed E-state index contributed by atoms with van der Waals surface area (Å²) in [7, 11) is 0. The van der Waals surface area contributed by atoms with Crippen molar-refractivity contribution in [3.05, 3.63) is 52.5 Å². The molecule has 1 N–H and O–H groups in total. The first-order valence-electron chi connectivity index (χ1n) is 6.01. The summed E-state index contributed by atoms with van der Waals surface area (Å²) in [6.45, 7) is 3.43. The van der Waals surface area contributed by atoms with Crippen LogP contribution in [0.3, 0.4) is 0 Å². The topological polar surface area (TPSA) is 74.0 Å². The number of nitrogens with zero attached hydrogens (tertiary/aromatic N) is 2. The maximum absolute atomic E-state index is 13.9. The number of aromatic carboxylic acids is 1. The molecule has 0 unspecified atom stereocenters. The van der Waals surface area contributed by atoms with E-state index in [-0.39, 0.29) is 21.0 Å². The van der Waals surface area contributed by atoms with E-state index in [1.165, 1.54) is 12.1 Å². The van der Waals surface area contributed by atoms with Gasteiger partial charge in [-0.15, -0.1) is 0 Å². The first-order chi connectivity index (χ1) is 9.92. The molecular weight excluding hydrogens is 291 g/mol. The Labute approximate surface area is 125 Å². The van der Waals surface area contributed by atoms with Crippen LogP contribution < -0.4 is 0 Å². The first kappa shape index (κ1) is 15.0. The van der Waals surface area contributed by atoms with Crippen LogP contribution in [0.25, 0.3) is 0 Å². The number of halogens is 1. The number of hydrogen-bond donors (Lipinski definition) is 1. The van der Waals surface area contributed by atoms with Crippen molar-refractivity contribution in [2.45, 2.75) is 23.8 Å². The Balaban J connectivity index is 2.49. The molecule has 0 saturated heterocycles. The molecule has 0 aliphatic carbocycles. The molecule has 1 aromatic heterocycles. The van der Waals surface area contributed by atoms with Gasteiger partial charge in [0.05, 0.1) is 17.2 Å². The zero-order chi connectivity index (χ0) is 15.6. The fourth-order valence-electron chi connectivity index (χ4n) is 1.89. The third-order valence-corrected chi connectivity index (χ3v) is 3.83. The van der Waals surface area contributed by atoms with Gasteiger partial charge in [0, 0.05) is 10.6 Å². The van der Waals surface area contributed by atoms with Crippen molar-refractivity contribution in [3.63, 3.8) is 0 Å². The minimum absolute atomic E-state index is 0.0642. The summed E-state index contributed by atoms with van der Waals surface area (Å²) in [6.07, 6.45) is 0. The molecule has 2 rings (SSSR count). The molecule has 0 atom stereocenters. The number of aryl methyl sites for hydroxylation is 2. The highest BCUT2D eigenvalue weighted by Crippen LogP contribution is 2.32. The minimum Gasteiger partial charge on any atom is -0.478 e. The molecular formula is C15H11FN2O2S. The van der Waals surface area contributed by atoms with Gasteiger partial charge in [-0.25, -0.2) is 14.2 Å². The minimum atomic E-state index is -1.10. The molecule has 2 aromatic rings. The van der Waals surface area contributed by atoms with Crippen LogP contribution >= 0.6 is 11.8 Å². The highest BCUT2D eigenvalue weighted by Gasteiger charge is 2.18. The predicted molar refractivity (Wildman–Crippen MR) is 75.9 cm³/mol. The summed E-state index contributed by atoms with van der Waals surface area (Å²) < 4.78 is 13.9. The van der Waals surface area contributed by atoms with Gasteiger partial charge >= 0.3 is 5.97 Å². The molecule has 6 heteroatoms. The molecule has 1 aromatic carbocycles. The lowest BCUT2D eigenvalue weighted by molar-refractivity contribution is 0.0691. The molecule has 0 saturated carbocycles. The highest BCUT2D eigenvalue weighted by molar-refractivity contribution is 7.99. The normalized spacial score (nSPS) is 10.2. The van der Waals surface area contributed by atoms with E-state index in [1.807, 2.05) is 6.07 Å². The number of hydrogen-bond acceptors (Lipinski definition) is 4. The maximum atomic E-state index is 13.9. The van der Waals surface area contributed by atoms with Gasteiger partial charge in [0.15, 0.2) is 0 Å². The van der Waals surface area contributed by atoms with E-state index in [1.54, 1.807) is 19.9 Å². The number of benzene rings is 1. The van der Waals surface area contributed by atoms with Gasteiger partial charge < -0.3 is 5.11 Å². The van der Waals surface area contributed by atoms with Crippen LogP contribution in [0.1, 0.15) is 27.2 Å². The van der Waals surface area contributed by atoms with Crippen molar-refractivity contribution in [1.82, 2.24) is 4.98 Å². The smallest absolute Gasteiger partial charge is 0.338 e. The van der Waals surface area contributed by atoms with Gasteiger partial charge in [0.25, 0.3) is 0 Å². The van der Waals surface area contributed by atoms with Gasteiger partial charge in [-0.05, 0) is 43.7 Å². The number of rotatable bonds is 3. The maximum Gasteiger partial charge on any atom is 0.338 e. The number of carbonyl (C=O) groups is 1. The molecule has 0 amide bonds. The predicted octanol–water partition coefficient (Wildman–Crippen LogP) is 3.56. The van der Waals surface area contributed by atoms with Gasteiger partial charge in [0.2, 0.25) is 0 Å². The van der Waals surface area contributed by atoms with E-state index in [2.05, 4.69) is 4.98 Å². The van der Waals surface area contributed by atoms with Crippen LogP contribution in [0.15, 0.2) is 34.2 Å². The summed E-state index contributed by atoms with van der Waals surface area (Å²) in [6, 6.07) is 7.56. The monoisotopic (exact) mass is 302 g/mol. The zero-order valence-corrected chi connectivity index (χ0v) is 12.2. The summed E-state index contributed by atoms with van der Waals surface area (Å²) in [4.78, 5) is 15.8. The number of carboxylic acid groups (broad SMARTS) is 1. The largest absolute Gasteiger partial charge is 0.478 e. The van der Waals surface area contributed by atoms with E-state index in [4.69, 9.17) is 5.26 Å². The number of aromatic nitrogens is 1. The Morgan fingerprint density at radius 1 is 1.38 bits per heavy atom. The van der Waals surface area contributed by atoms with Crippen LogP contribution in [-0.4, -0.2) is 16.1 Å². The summed E-state index contributed by atoms with van der Waals surface area (Å²) in [5.41, 5.74) is 1.51. The third-order valence-electron chi connectivity index (χ3n) is 2.79. The van der Waals surface area contributed by atoms with Gasteiger partial charge in [-0.3, -0.25) is 0 Å². The molecule has 1 heterocycles. The zero-order valence-electron chi connectivity index (χ0n) is 11.3. The lowest BCUT2D eigenvalue weighted by Gasteiger charge is -2.10. The second-order valence-corrected chi connectivity index (χ2v) is 5.46. The second kappa shape index (κ2) is 5.94. The highest BCUT2D eigenvalue weighted by atomic mass is 32.2. The molecule has 0 fully saturated rings. The first-order valence-corrected chi connectivity index (χ1v) is 6.83. The molecule has 0 radical (unpaired) electrons. The number of pyridine rings is 1. The SMILES string of the molecule is Cc1cc(C)c(C(=O)O)c(Sc2ccc(C#N)cc2F)n1. The van der Waals surface area contributed by atoms with E-state index >= 15 is 0 Å². The summed E-state index contributed by atoms with van der Waals surface area (Å²) in [5.74, 6) is -1.67. The van der Waals surface area contributed by atoms with Gasteiger partial charge in [0.1, 0.15) is 10.8 Å². The van der Waals surface area contributed by atoms with Gasteiger partial charge in [-0.1, -0.05) is 11.8 Å². The molecule has 0 bridgehead atoms. The van der Waals surface area contributed by atoms with Crippen molar-refractivity contribution in [2.75, 3.05) is 0 Å². The van der Waals surface area contributed by atoms with Crippen LogP contribution in [0, 0.1) is 31.0 Å². The van der Waals surface area contributed by atoms with Crippen LogP contribution in [0.5, 0.6) is 0 Å². The van der Waals surface area contributed by atoms with Crippen LogP contribution in [-0.2, 0) is 0 Å². The van der Waals surface area contributed by atoms with Crippen molar-refractivity contribution >= 4 is 17.7 Å². The molecule has 0 spiro atoms. The summed E-state index contributed by atoms with van der Waals surface area (Å²) in [5, 5.41) is 18.2. The quantitative estimate of drug-likeness (QED) is 0.938. The van der Waals surface area contributed by atoms with E-state index in [0.29, 0.717) is 11.3 Å². The molecule has 21 heavy (non-hydrogen) atoms. The molecule has 0 aliphatic rings. The Morgan fingerprint density at radius 2 is 2.10 bits per heavy atom. The second-order valence-electron chi connectivity index (χ2n) is 4.42. The Morgan fingerprint density at radius 3 is 2.67 bits per heavy atom. The van der Waals surface area contributed by atoms with Crippen LogP contribution in [0.4, 0.5) is 4.39 Å². The fourth-order valence-corrected chi connectivity index (χ4v) is 2.93. The van der Waals surface area contributed by atoms with Crippen molar-refractivity contribution < 1.29 is 14.3 Å². The standard InChI is InChI=1S/C15H11FN2O2S/c1-8-5-9(2)18-14(13(8)15(19)20)21-12-4-3-10(7-17)6-11(12)16/h3-6H,1-2H3,(H,19,20). The molecule has 4 nitrogen and oxygen atoms in total. The van der Waals surface area contributed by atoms with Crippen molar-refractivity contribution in [2.24, 2.45) is 0 Å². The average Bonchev–Trinajstić information content (AvgIpc) is 2.39. The van der Waals surface area contributed by atoms with E-state index in [0.717, 1.165) is 17.8 Å². The van der Waals surface area contributed by atoms with E-state index < -0.39 is 11.8 Å². The Bertz CT molecular complexity index is 769. The molecule has 106 valence electrons. The molecule has 0 aliphatic heterocycles. The lowest BCUT2D eigenvalue weighted by Crippen LogP contribution is -2.05. The lowest BCUT2D eigenvalue weighted by atomic mass is 10.1. The van der Waals surface area contributed by atoms with Crippen molar-refractivity contribution in [3.8, 4) is 6.07 Å². The summed E-state index contributed by atoms with van der Waals surface area (Å²) >= 11 is 0.940. The number of carboxylic acids is 1. The van der Waals surface area contributed by atoms with Crippen molar-refractivity contribution in [1.29, 1.82) is 5.26 Å². The fraction of sp³-hybridized carbons (Fsp3) is 0.133. The van der Waals surface area contributed by atoms with E-state index in [9.17, 15) is 14.3 Å². The third kappa shape index (κ3) is 3.20. The average molecular weight is 302 g/mol. The Hall–Kier alpha value is -2.39.